The van der Waals surface area contributed by atoms with Crippen LogP contribution in [0.25, 0.3) is 0 Å². The summed E-state index contributed by atoms with van der Waals surface area (Å²) in [5.74, 6) is -0.155. The van der Waals surface area contributed by atoms with Crippen LogP contribution in [0, 0.1) is 5.82 Å². The molecule has 1 aromatic carbocycles. The zero-order valence-corrected chi connectivity index (χ0v) is 19.5. The average molecular weight is 529 g/mol. The van der Waals surface area contributed by atoms with E-state index in [1.165, 1.54) is 12.1 Å². The number of alkyl halides is 3. The number of hydrogen-bond donors (Lipinski definition) is 1. The summed E-state index contributed by atoms with van der Waals surface area (Å²) in [4.78, 5) is 15.7. The second-order valence-corrected chi connectivity index (χ2v) is 8.71. The molecule has 1 saturated carbocycles. The number of ether oxygens (including phenoxy) is 2. The van der Waals surface area contributed by atoms with Gasteiger partial charge < -0.3 is 19.2 Å². The molecule has 1 N–H and O–H groups in total. The van der Waals surface area contributed by atoms with Gasteiger partial charge in [-0.1, -0.05) is 11.6 Å². The first kappa shape index (κ1) is 25.7. The van der Waals surface area contributed by atoms with Crippen LogP contribution in [-0.4, -0.2) is 33.2 Å². The van der Waals surface area contributed by atoms with Gasteiger partial charge in [0.25, 0.3) is 11.8 Å². The Hall–Kier alpha value is -3.41. The monoisotopic (exact) mass is 528 g/mol. The lowest BCUT2D eigenvalue weighted by molar-refractivity contribution is -0.141. The van der Waals surface area contributed by atoms with Crippen molar-refractivity contribution in [3.05, 3.63) is 64.8 Å². The molecule has 0 radical (unpaired) electrons. The Labute approximate surface area is 208 Å². The molecule has 2 aromatic heterocycles. The summed E-state index contributed by atoms with van der Waals surface area (Å²) >= 11 is 5.64. The predicted octanol–water partition coefficient (Wildman–Crippen LogP) is 4.91. The summed E-state index contributed by atoms with van der Waals surface area (Å²) in [6, 6.07) is 5.91. The van der Waals surface area contributed by atoms with E-state index < -0.39 is 23.2 Å². The zero-order valence-electron chi connectivity index (χ0n) is 18.8. The minimum Gasteiger partial charge on any atom is -0.484 e. The number of pyridine rings is 1. The first-order valence-electron chi connectivity index (χ1n) is 11.0. The molecule has 3 aromatic rings. The number of carbonyl (C=O) groups excluding carboxylic acids is 1. The first-order chi connectivity index (χ1) is 17.1. The van der Waals surface area contributed by atoms with Gasteiger partial charge in [-0.25, -0.2) is 9.37 Å². The highest BCUT2D eigenvalue weighted by Gasteiger charge is 2.38. The number of carbonyl (C=O) groups is 1. The van der Waals surface area contributed by atoms with Gasteiger partial charge in [-0.15, -0.1) is 10.2 Å². The van der Waals surface area contributed by atoms with Crippen molar-refractivity contribution >= 4 is 17.5 Å². The highest BCUT2D eigenvalue weighted by molar-refractivity contribution is 6.30. The normalized spacial score (nSPS) is 14.7. The number of aromatic nitrogens is 3. The van der Waals surface area contributed by atoms with Crippen LogP contribution < -0.4 is 14.8 Å². The molecule has 0 unspecified atom stereocenters. The Bertz CT molecular complexity index is 1200. The van der Waals surface area contributed by atoms with Gasteiger partial charge in [0.2, 0.25) is 5.89 Å². The molecule has 2 heterocycles. The summed E-state index contributed by atoms with van der Waals surface area (Å²) in [6.07, 6.45) is -0.0963. The van der Waals surface area contributed by atoms with E-state index in [-0.39, 0.29) is 41.5 Å². The van der Waals surface area contributed by atoms with Crippen molar-refractivity contribution in [3.8, 4) is 11.5 Å². The van der Waals surface area contributed by atoms with Crippen molar-refractivity contribution in [2.45, 2.75) is 50.4 Å². The zero-order chi connectivity index (χ0) is 25.8. The minimum absolute atomic E-state index is 0.0347. The van der Waals surface area contributed by atoms with E-state index >= 15 is 0 Å². The Morgan fingerprint density at radius 3 is 2.50 bits per heavy atom. The van der Waals surface area contributed by atoms with Crippen LogP contribution in [0.5, 0.6) is 11.5 Å². The number of nitrogens with zero attached hydrogens (tertiary/aromatic N) is 3. The van der Waals surface area contributed by atoms with Crippen molar-refractivity contribution in [1.29, 1.82) is 0 Å². The van der Waals surface area contributed by atoms with Gasteiger partial charge in [0, 0.05) is 18.0 Å². The number of aryl methyl sites for hydroxylation is 1. The maximum Gasteiger partial charge on any atom is 0.433 e. The lowest BCUT2D eigenvalue weighted by Gasteiger charge is -2.42. The summed E-state index contributed by atoms with van der Waals surface area (Å²) in [5.41, 5.74) is -1.44. The third kappa shape index (κ3) is 6.62. The van der Waals surface area contributed by atoms with E-state index in [1.807, 2.05) is 0 Å². The van der Waals surface area contributed by atoms with Gasteiger partial charge in [0.1, 0.15) is 23.0 Å². The second-order valence-electron chi connectivity index (χ2n) is 8.30. The molecule has 4 rings (SSSR count). The van der Waals surface area contributed by atoms with Crippen LogP contribution in [-0.2, 0) is 24.0 Å². The van der Waals surface area contributed by atoms with E-state index in [4.69, 9.17) is 25.5 Å². The maximum atomic E-state index is 13.5. The Kier molecular flexibility index (Phi) is 7.62. The summed E-state index contributed by atoms with van der Waals surface area (Å²) in [7, 11) is 0. The number of rotatable bonds is 10. The van der Waals surface area contributed by atoms with Gasteiger partial charge in [0.05, 0.1) is 11.2 Å². The Morgan fingerprint density at radius 1 is 1.11 bits per heavy atom. The molecule has 1 fully saturated rings. The molecule has 0 saturated heterocycles. The van der Waals surface area contributed by atoms with E-state index in [0.29, 0.717) is 18.7 Å². The van der Waals surface area contributed by atoms with Crippen molar-refractivity contribution in [2.75, 3.05) is 6.61 Å². The van der Waals surface area contributed by atoms with Gasteiger partial charge in [-0.05, 0) is 49.9 Å². The number of amides is 1. The van der Waals surface area contributed by atoms with Crippen LogP contribution in [0.15, 0.2) is 40.9 Å². The fraction of sp³-hybridized carbons (Fsp3) is 0.391. The minimum atomic E-state index is -4.53. The highest BCUT2D eigenvalue weighted by Crippen LogP contribution is 2.36. The van der Waals surface area contributed by atoms with Gasteiger partial charge >= 0.3 is 6.18 Å². The van der Waals surface area contributed by atoms with Gasteiger partial charge in [0.15, 0.2) is 13.2 Å². The van der Waals surface area contributed by atoms with Crippen molar-refractivity contribution in [2.24, 2.45) is 0 Å². The Balaban J connectivity index is 1.23. The van der Waals surface area contributed by atoms with Crippen molar-refractivity contribution in [1.82, 2.24) is 20.5 Å². The van der Waals surface area contributed by atoms with Crippen molar-refractivity contribution < 1.29 is 36.2 Å². The van der Waals surface area contributed by atoms with E-state index in [9.17, 15) is 22.4 Å². The SMILES string of the molecule is O=C(COc1ccc(Cl)c(F)c1)NC1(CCc2nnc(COc3ccc(C(F)(F)F)nc3)o2)CCC1. The molecule has 36 heavy (non-hydrogen) atoms. The third-order valence-electron chi connectivity index (χ3n) is 5.69. The van der Waals surface area contributed by atoms with Gasteiger partial charge in [-0.3, -0.25) is 4.79 Å². The molecule has 1 aliphatic carbocycles. The van der Waals surface area contributed by atoms with Crippen LogP contribution in [0.3, 0.4) is 0 Å². The summed E-state index contributed by atoms with van der Waals surface area (Å²) < 4.78 is 67.5. The fourth-order valence-corrected chi connectivity index (χ4v) is 3.78. The quantitative estimate of drug-likeness (QED) is 0.373. The highest BCUT2D eigenvalue weighted by atomic mass is 35.5. The van der Waals surface area contributed by atoms with Crippen LogP contribution in [0.2, 0.25) is 5.02 Å². The number of nitrogens with one attached hydrogen (secondary N) is 1. The van der Waals surface area contributed by atoms with Crippen LogP contribution in [0.1, 0.15) is 43.2 Å². The summed E-state index contributed by atoms with van der Waals surface area (Å²) in [5, 5.41) is 10.8. The van der Waals surface area contributed by atoms with Crippen LogP contribution >= 0.6 is 11.6 Å². The topological polar surface area (TPSA) is 99.4 Å². The molecule has 0 atom stereocenters. The average Bonchev–Trinajstić information content (AvgIpc) is 3.28. The third-order valence-corrected chi connectivity index (χ3v) is 6.00. The molecule has 0 spiro atoms. The number of hydrogen-bond acceptors (Lipinski definition) is 7. The molecular weight excluding hydrogens is 508 g/mol. The van der Waals surface area contributed by atoms with E-state index in [2.05, 4.69) is 20.5 Å². The summed E-state index contributed by atoms with van der Waals surface area (Å²) in [6.45, 7) is -0.409. The molecule has 0 aliphatic heterocycles. The molecular formula is C23H21ClF4N4O4. The second kappa shape index (κ2) is 10.7. The number of benzene rings is 1. The lowest BCUT2D eigenvalue weighted by atomic mass is 9.73. The lowest BCUT2D eigenvalue weighted by Crippen LogP contribution is -2.54. The van der Waals surface area contributed by atoms with Gasteiger partial charge in [-0.2, -0.15) is 13.2 Å². The van der Waals surface area contributed by atoms with E-state index in [0.717, 1.165) is 43.7 Å². The smallest absolute Gasteiger partial charge is 0.433 e. The van der Waals surface area contributed by atoms with Crippen LogP contribution in [0.4, 0.5) is 17.6 Å². The fourth-order valence-electron chi connectivity index (χ4n) is 3.66. The molecule has 13 heteroatoms. The standard InChI is InChI=1S/C23H21ClF4N4O4/c24-16-4-2-14(10-17(16)25)34-12-19(33)30-22(7-1-8-22)9-6-20-31-32-21(36-20)13-35-15-3-5-18(29-11-15)23(26,27)28/h2-5,10-11H,1,6-9,12-13H2,(H,30,33). The molecule has 192 valence electrons. The Morgan fingerprint density at radius 2 is 1.86 bits per heavy atom. The molecule has 8 nitrogen and oxygen atoms in total. The predicted molar refractivity (Wildman–Crippen MR) is 118 cm³/mol. The number of halogens is 5. The molecule has 1 amide bonds. The van der Waals surface area contributed by atoms with E-state index in [1.54, 1.807) is 0 Å². The molecule has 0 bridgehead atoms. The largest absolute Gasteiger partial charge is 0.484 e. The first-order valence-corrected chi connectivity index (χ1v) is 11.4. The molecule has 1 aliphatic rings. The van der Waals surface area contributed by atoms with Crippen molar-refractivity contribution in [3.63, 3.8) is 0 Å². The maximum absolute atomic E-state index is 13.5.